The second-order valence-corrected chi connectivity index (χ2v) is 4.83. The van der Waals surface area contributed by atoms with Crippen LogP contribution in [-0.4, -0.2) is 0 Å². The van der Waals surface area contributed by atoms with Crippen LogP contribution in [0.25, 0.3) is 0 Å². The molecule has 2 aromatic rings. The Hall–Kier alpha value is -0.980. The minimum atomic E-state index is 0.678. The van der Waals surface area contributed by atoms with Crippen molar-refractivity contribution in [2.24, 2.45) is 0 Å². The van der Waals surface area contributed by atoms with E-state index in [1.165, 1.54) is 16.7 Å². The third-order valence-electron chi connectivity index (χ3n) is 2.66. The molecule has 0 saturated heterocycles. The molecule has 0 amide bonds. The van der Waals surface area contributed by atoms with Crippen LogP contribution >= 0.6 is 23.2 Å². The lowest BCUT2D eigenvalue weighted by Crippen LogP contribution is -1.82. The van der Waals surface area contributed by atoms with Crippen LogP contribution in [-0.2, 0) is 0 Å². The number of aryl methyl sites for hydroxylation is 2. The van der Waals surface area contributed by atoms with E-state index in [4.69, 9.17) is 23.2 Å². The second-order valence-electron chi connectivity index (χ2n) is 3.96. The summed E-state index contributed by atoms with van der Waals surface area (Å²) in [6, 6.07) is 13.5. The Balaban J connectivity index is 0.000000171. The first kappa shape index (κ1) is 14.1. The fourth-order valence-corrected chi connectivity index (χ4v) is 1.79. The van der Waals surface area contributed by atoms with Crippen LogP contribution in [0.4, 0.5) is 0 Å². The van der Waals surface area contributed by atoms with E-state index in [9.17, 15) is 0 Å². The molecule has 0 aliphatic rings. The van der Waals surface area contributed by atoms with Gasteiger partial charge >= 0.3 is 0 Å². The Morgan fingerprint density at radius 1 is 0.706 bits per heavy atom. The molecular weight excluding hydrogens is 251 g/mol. The molecule has 0 unspecified atom stereocenters. The van der Waals surface area contributed by atoms with E-state index in [1.54, 1.807) is 18.2 Å². The van der Waals surface area contributed by atoms with E-state index in [0.717, 1.165) is 0 Å². The Bertz CT molecular complexity index is 453. The molecule has 0 nitrogen and oxygen atoms in total. The van der Waals surface area contributed by atoms with Gasteiger partial charge in [0, 0.05) is 10.0 Å². The van der Waals surface area contributed by atoms with Crippen molar-refractivity contribution in [1.82, 2.24) is 0 Å². The van der Waals surface area contributed by atoms with Gasteiger partial charge in [-0.2, -0.15) is 0 Å². The highest BCUT2D eigenvalue weighted by Crippen LogP contribution is 2.14. The molecule has 0 radical (unpaired) electrons. The van der Waals surface area contributed by atoms with Crippen LogP contribution < -0.4 is 0 Å². The topological polar surface area (TPSA) is 0 Å². The molecule has 2 rings (SSSR count). The van der Waals surface area contributed by atoms with Crippen LogP contribution in [0.3, 0.4) is 0 Å². The van der Waals surface area contributed by atoms with Gasteiger partial charge in [0.1, 0.15) is 0 Å². The van der Waals surface area contributed by atoms with Gasteiger partial charge in [0.05, 0.1) is 0 Å². The zero-order valence-corrected chi connectivity index (χ0v) is 11.8. The highest BCUT2D eigenvalue weighted by atomic mass is 35.5. The van der Waals surface area contributed by atoms with Crippen LogP contribution in [0.2, 0.25) is 10.0 Å². The van der Waals surface area contributed by atoms with Crippen molar-refractivity contribution in [3.05, 3.63) is 69.2 Å². The predicted molar refractivity (Wildman–Crippen MR) is 77.1 cm³/mol. The van der Waals surface area contributed by atoms with Crippen molar-refractivity contribution in [3.63, 3.8) is 0 Å². The molecule has 0 aliphatic carbocycles. The molecule has 0 heterocycles. The molecule has 0 aliphatic heterocycles. The van der Waals surface area contributed by atoms with Gasteiger partial charge in [-0.05, 0) is 55.7 Å². The molecule has 0 N–H and O–H groups in total. The van der Waals surface area contributed by atoms with Crippen LogP contribution in [0, 0.1) is 20.8 Å². The normalized spacial score (nSPS) is 9.47. The lowest BCUT2D eigenvalue weighted by atomic mass is 10.1. The maximum absolute atomic E-state index is 5.56. The van der Waals surface area contributed by atoms with Crippen LogP contribution in [0.1, 0.15) is 16.7 Å². The summed E-state index contributed by atoms with van der Waals surface area (Å²) in [7, 11) is 0. The first-order chi connectivity index (χ1) is 8.00. The fourth-order valence-electron chi connectivity index (χ4n) is 1.36. The predicted octanol–water partition coefficient (Wildman–Crippen LogP) is 5.61. The number of halogens is 2. The van der Waals surface area contributed by atoms with Gasteiger partial charge in [-0.15, -0.1) is 0 Å². The molecule has 17 heavy (non-hydrogen) atoms. The third kappa shape index (κ3) is 4.80. The van der Waals surface area contributed by atoms with Crippen LogP contribution in [0.5, 0.6) is 0 Å². The van der Waals surface area contributed by atoms with Gasteiger partial charge < -0.3 is 0 Å². The van der Waals surface area contributed by atoms with E-state index < -0.39 is 0 Å². The smallest absolute Gasteiger partial charge is 0.0420 e. The molecule has 0 fully saturated rings. The maximum atomic E-state index is 5.56. The summed E-state index contributed by atoms with van der Waals surface area (Å²) in [5.41, 5.74) is 4.18. The summed E-state index contributed by atoms with van der Waals surface area (Å²) in [6.45, 7) is 6.44. The molecule has 0 saturated carbocycles. The number of hydrogen-bond donors (Lipinski definition) is 0. The first-order valence-corrected chi connectivity index (χ1v) is 6.20. The third-order valence-corrected chi connectivity index (χ3v) is 3.13. The molecule has 0 bridgehead atoms. The van der Waals surface area contributed by atoms with E-state index in [-0.39, 0.29) is 0 Å². The first-order valence-electron chi connectivity index (χ1n) is 5.44. The van der Waals surface area contributed by atoms with Gasteiger partial charge in [-0.25, -0.2) is 0 Å². The second kappa shape index (κ2) is 6.68. The number of benzene rings is 2. The molecule has 0 atom stereocenters. The van der Waals surface area contributed by atoms with Crippen molar-refractivity contribution < 1.29 is 0 Å². The lowest BCUT2D eigenvalue weighted by molar-refractivity contribution is 1.27. The van der Waals surface area contributed by atoms with Crippen molar-refractivity contribution >= 4 is 23.2 Å². The highest BCUT2D eigenvalue weighted by Gasteiger charge is 1.91. The van der Waals surface area contributed by atoms with Crippen molar-refractivity contribution in [2.75, 3.05) is 0 Å². The Kier molecular flexibility index (Phi) is 5.54. The van der Waals surface area contributed by atoms with E-state index in [0.29, 0.717) is 10.0 Å². The average molecular weight is 267 g/mol. The van der Waals surface area contributed by atoms with E-state index >= 15 is 0 Å². The minimum absolute atomic E-state index is 0.678. The summed E-state index contributed by atoms with van der Waals surface area (Å²) < 4.78 is 0. The molecule has 2 aromatic carbocycles. The zero-order valence-electron chi connectivity index (χ0n) is 10.3. The summed E-state index contributed by atoms with van der Waals surface area (Å²) in [5.74, 6) is 0. The highest BCUT2D eigenvalue weighted by molar-refractivity contribution is 6.34. The number of hydrogen-bond acceptors (Lipinski definition) is 0. The van der Waals surface area contributed by atoms with Crippen LogP contribution in [0.15, 0.2) is 42.5 Å². The van der Waals surface area contributed by atoms with Crippen molar-refractivity contribution in [2.45, 2.75) is 20.8 Å². The van der Waals surface area contributed by atoms with Gasteiger partial charge in [0.2, 0.25) is 0 Å². The van der Waals surface area contributed by atoms with Gasteiger partial charge in [0.15, 0.2) is 0 Å². The standard InChI is InChI=1S/C9H12.C6H4Cl2/c1-7-5-4-6-8(2)9(7)3;7-5-2-1-3-6(8)4-5/h4-6H,1-3H3;1-4H. The summed E-state index contributed by atoms with van der Waals surface area (Å²) >= 11 is 11.1. The SMILES string of the molecule is Cc1cccc(C)c1C.Clc1cccc(Cl)c1. The summed E-state index contributed by atoms with van der Waals surface area (Å²) in [4.78, 5) is 0. The Morgan fingerprint density at radius 2 is 1.12 bits per heavy atom. The average Bonchev–Trinajstić information content (AvgIpc) is 2.26. The zero-order chi connectivity index (χ0) is 12.8. The summed E-state index contributed by atoms with van der Waals surface area (Å²) in [6.07, 6.45) is 0. The van der Waals surface area contributed by atoms with E-state index in [1.807, 2.05) is 6.07 Å². The molecule has 2 heteroatoms. The lowest BCUT2D eigenvalue weighted by Gasteiger charge is -2.00. The quantitative estimate of drug-likeness (QED) is 0.582. The maximum Gasteiger partial charge on any atom is 0.0420 e. The molecule has 0 aromatic heterocycles. The van der Waals surface area contributed by atoms with Gasteiger partial charge in [-0.3, -0.25) is 0 Å². The van der Waals surface area contributed by atoms with Gasteiger partial charge in [0.25, 0.3) is 0 Å². The fraction of sp³-hybridized carbons (Fsp3) is 0.200. The van der Waals surface area contributed by atoms with Gasteiger partial charge in [-0.1, -0.05) is 47.5 Å². The largest absolute Gasteiger partial charge is 0.0843 e. The van der Waals surface area contributed by atoms with Crippen molar-refractivity contribution in [3.8, 4) is 0 Å². The summed E-state index contributed by atoms with van der Waals surface area (Å²) in [5, 5.41) is 1.36. The Morgan fingerprint density at radius 3 is 1.41 bits per heavy atom. The molecule has 0 spiro atoms. The number of rotatable bonds is 0. The molecule has 90 valence electrons. The Labute approximate surface area is 113 Å². The molecular formula is C15H16Cl2. The monoisotopic (exact) mass is 266 g/mol. The van der Waals surface area contributed by atoms with Crippen molar-refractivity contribution in [1.29, 1.82) is 0 Å². The van der Waals surface area contributed by atoms with E-state index in [2.05, 4.69) is 39.0 Å². The minimum Gasteiger partial charge on any atom is -0.0843 e.